The first-order valence-electron chi connectivity index (χ1n) is 9.66. The molecule has 2 aliphatic heterocycles. The Morgan fingerprint density at radius 2 is 1.96 bits per heavy atom. The zero-order valence-electron chi connectivity index (χ0n) is 15.9. The molecule has 26 heavy (non-hydrogen) atoms. The van der Waals surface area contributed by atoms with E-state index in [-0.39, 0.29) is 0 Å². The molecule has 3 rings (SSSR count). The minimum absolute atomic E-state index is 0.646. The molecule has 0 radical (unpaired) electrons. The fourth-order valence-corrected chi connectivity index (χ4v) is 4.04. The van der Waals surface area contributed by atoms with Crippen molar-refractivity contribution >= 4 is 28.8 Å². The summed E-state index contributed by atoms with van der Waals surface area (Å²) < 4.78 is 5.36. The van der Waals surface area contributed by atoms with Crippen LogP contribution in [0.4, 0.5) is 11.5 Å². The van der Waals surface area contributed by atoms with Crippen molar-refractivity contribution in [3.05, 3.63) is 18.3 Å². The van der Waals surface area contributed by atoms with E-state index in [1.807, 2.05) is 6.20 Å². The van der Waals surface area contributed by atoms with Gasteiger partial charge in [-0.3, -0.25) is 4.90 Å². The Labute approximate surface area is 162 Å². The highest BCUT2D eigenvalue weighted by molar-refractivity contribution is 7.80. The van der Waals surface area contributed by atoms with Gasteiger partial charge in [-0.15, -0.1) is 0 Å². The Balaban J connectivity index is 1.42. The molecule has 0 aliphatic carbocycles. The van der Waals surface area contributed by atoms with Crippen molar-refractivity contribution in [2.45, 2.75) is 20.3 Å². The Hall–Kier alpha value is -1.44. The SMILES string of the molecule is C[C@@H]1C[C@@H](C)CN(c2ccc(NC(=S)NCCN3CCOCC3)cn2)C1. The van der Waals surface area contributed by atoms with Crippen molar-refractivity contribution in [1.29, 1.82) is 0 Å². The van der Waals surface area contributed by atoms with E-state index < -0.39 is 0 Å². The van der Waals surface area contributed by atoms with E-state index in [4.69, 9.17) is 17.0 Å². The summed E-state index contributed by atoms with van der Waals surface area (Å²) in [6, 6.07) is 4.14. The number of hydrogen-bond donors (Lipinski definition) is 2. The molecule has 1 aromatic rings. The maximum atomic E-state index is 5.39. The van der Waals surface area contributed by atoms with Crippen LogP contribution in [0.3, 0.4) is 0 Å². The monoisotopic (exact) mass is 377 g/mol. The van der Waals surface area contributed by atoms with Gasteiger partial charge < -0.3 is 20.3 Å². The maximum absolute atomic E-state index is 5.39. The predicted molar refractivity (Wildman–Crippen MR) is 111 cm³/mol. The molecule has 0 spiro atoms. The van der Waals surface area contributed by atoms with Crippen molar-refractivity contribution in [1.82, 2.24) is 15.2 Å². The normalized spacial score (nSPS) is 24.3. The first-order valence-corrected chi connectivity index (χ1v) is 10.1. The molecule has 2 aliphatic rings. The topological polar surface area (TPSA) is 52.7 Å². The van der Waals surface area contributed by atoms with Crippen LogP contribution in [0.5, 0.6) is 0 Å². The van der Waals surface area contributed by atoms with E-state index in [9.17, 15) is 0 Å². The lowest BCUT2D eigenvalue weighted by Gasteiger charge is -2.35. The number of nitrogens with one attached hydrogen (secondary N) is 2. The lowest BCUT2D eigenvalue weighted by Crippen LogP contribution is -2.42. The highest BCUT2D eigenvalue weighted by Gasteiger charge is 2.22. The summed E-state index contributed by atoms with van der Waals surface area (Å²) in [4.78, 5) is 9.41. The Morgan fingerprint density at radius 3 is 2.62 bits per heavy atom. The predicted octanol–water partition coefficient (Wildman–Crippen LogP) is 2.18. The van der Waals surface area contributed by atoms with E-state index in [2.05, 4.69) is 51.4 Å². The Kier molecular flexibility index (Phi) is 7.05. The average molecular weight is 378 g/mol. The molecule has 0 saturated carbocycles. The number of aromatic nitrogens is 1. The fourth-order valence-electron chi connectivity index (χ4n) is 3.82. The van der Waals surface area contributed by atoms with Gasteiger partial charge in [0.25, 0.3) is 0 Å². The van der Waals surface area contributed by atoms with E-state index >= 15 is 0 Å². The van der Waals surface area contributed by atoms with Crippen molar-refractivity contribution in [3.63, 3.8) is 0 Å². The number of thiocarbonyl (C=S) groups is 1. The Morgan fingerprint density at radius 1 is 1.23 bits per heavy atom. The molecule has 2 atom stereocenters. The van der Waals surface area contributed by atoms with Gasteiger partial charge in [-0.2, -0.15) is 0 Å². The van der Waals surface area contributed by atoms with Crippen LogP contribution in [0.15, 0.2) is 18.3 Å². The highest BCUT2D eigenvalue weighted by Crippen LogP contribution is 2.25. The number of hydrogen-bond acceptors (Lipinski definition) is 5. The largest absolute Gasteiger partial charge is 0.379 e. The van der Waals surface area contributed by atoms with E-state index in [0.717, 1.165) is 75.8 Å². The number of morpholine rings is 1. The molecule has 1 aromatic heterocycles. The number of piperidine rings is 1. The lowest BCUT2D eigenvalue weighted by molar-refractivity contribution is 0.0389. The lowest BCUT2D eigenvalue weighted by atomic mass is 9.92. The summed E-state index contributed by atoms with van der Waals surface area (Å²) in [5.41, 5.74) is 0.927. The van der Waals surface area contributed by atoms with Gasteiger partial charge in [0.1, 0.15) is 5.82 Å². The maximum Gasteiger partial charge on any atom is 0.170 e. The molecular formula is C19H31N5OS. The minimum Gasteiger partial charge on any atom is -0.379 e. The van der Waals surface area contributed by atoms with Gasteiger partial charge in [0.15, 0.2) is 5.11 Å². The molecule has 144 valence electrons. The van der Waals surface area contributed by atoms with Crippen LogP contribution in [0.2, 0.25) is 0 Å². The van der Waals surface area contributed by atoms with Gasteiger partial charge in [-0.05, 0) is 42.6 Å². The second kappa shape index (κ2) is 9.48. The summed E-state index contributed by atoms with van der Waals surface area (Å²) in [5.74, 6) is 2.50. The molecule has 0 aromatic carbocycles. The molecule has 2 N–H and O–H groups in total. The van der Waals surface area contributed by atoms with Crippen LogP contribution in [0.25, 0.3) is 0 Å². The summed E-state index contributed by atoms with van der Waals surface area (Å²) >= 11 is 5.39. The molecule has 6 nitrogen and oxygen atoms in total. The van der Waals surface area contributed by atoms with E-state index in [1.165, 1.54) is 6.42 Å². The van der Waals surface area contributed by atoms with E-state index in [0.29, 0.717) is 5.11 Å². The number of anilines is 2. The highest BCUT2D eigenvalue weighted by atomic mass is 32.1. The smallest absolute Gasteiger partial charge is 0.170 e. The van der Waals surface area contributed by atoms with Crippen LogP contribution < -0.4 is 15.5 Å². The molecule has 3 heterocycles. The molecule has 0 bridgehead atoms. The summed E-state index contributed by atoms with van der Waals surface area (Å²) in [6.07, 6.45) is 3.18. The van der Waals surface area contributed by atoms with Gasteiger partial charge in [0.05, 0.1) is 25.1 Å². The molecule has 2 saturated heterocycles. The minimum atomic E-state index is 0.646. The quantitative estimate of drug-likeness (QED) is 0.763. The Bertz CT molecular complexity index is 566. The van der Waals surface area contributed by atoms with Crippen LogP contribution in [0, 0.1) is 11.8 Å². The van der Waals surface area contributed by atoms with Gasteiger partial charge in [0.2, 0.25) is 0 Å². The molecule has 0 amide bonds. The summed E-state index contributed by atoms with van der Waals surface area (Å²) in [7, 11) is 0. The average Bonchev–Trinajstić information content (AvgIpc) is 2.62. The third-order valence-corrected chi connectivity index (χ3v) is 5.26. The number of pyridine rings is 1. The summed E-state index contributed by atoms with van der Waals surface area (Å²) in [5, 5.41) is 7.14. The van der Waals surface area contributed by atoms with Crippen molar-refractivity contribution in [3.8, 4) is 0 Å². The van der Waals surface area contributed by atoms with Crippen molar-refractivity contribution in [2.75, 3.05) is 62.7 Å². The molecule has 7 heteroatoms. The van der Waals surface area contributed by atoms with Crippen molar-refractivity contribution < 1.29 is 4.74 Å². The third-order valence-electron chi connectivity index (χ3n) is 5.02. The molecule has 2 fully saturated rings. The van der Waals surface area contributed by atoms with Crippen molar-refractivity contribution in [2.24, 2.45) is 11.8 Å². The van der Waals surface area contributed by atoms with Gasteiger partial charge in [-0.1, -0.05) is 13.8 Å². The number of ether oxygens (including phenoxy) is 1. The zero-order chi connectivity index (χ0) is 18.4. The number of nitrogens with zero attached hydrogens (tertiary/aromatic N) is 3. The van der Waals surface area contributed by atoms with Gasteiger partial charge in [-0.25, -0.2) is 4.98 Å². The molecular weight excluding hydrogens is 346 g/mol. The van der Waals surface area contributed by atoms with Crippen LogP contribution in [-0.4, -0.2) is 67.5 Å². The molecule has 0 unspecified atom stereocenters. The number of rotatable bonds is 5. The third kappa shape index (κ3) is 5.79. The first kappa shape index (κ1) is 19.3. The second-order valence-electron chi connectivity index (χ2n) is 7.59. The van der Waals surface area contributed by atoms with E-state index in [1.54, 1.807) is 0 Å². The van der Waals surface area contributed by atoms with Crippen LogP contribution in [0.1, 0.15) is 20.3 Å². The summed E-state index contributed by atoms with van der Waals surface area (Å²) in [6.45, 7) is 12.3. The first-order chi connectivity index (χ1) is 12.6. The van der Waals surface area contributed by atoms with Crippen LogP contribution >= 0.6 is 12.2 Å². The van der Waals surface area contributed by atoms with Crippen LogP contribution in [-0.2, 0) is 4.74 Å². The second-order valence-corrected chi connectivity index (χ2v) is 8.00. The van der Waals surface area contributed by atoms with Gasteiger partial charge in [0, 0.05) is 39.3 Å². The standard InChI is InChI=1S/C19H31N5OS/c1-15-11-16(2)14-24(13-15)18-4-3-17(12-21-18)22-19(26)20-5-6-23-7-9-25-10-8-23/h3-4,12,15-16H,5-11,13-14H2,1-2H3,(H2,20,22,26)/t15-,16-/m1/s1. The zero-order valence-corrected chi connectivity index (χ0v) is 16.7. The van der Waals surface area contributed by atoms with Gasteiger partial charge >= 0.3 is 0 Å². The fraction of sp³-hybridized carbons (Fsp3) is 0.684.